The number of fused-ring (bicyclic) bond motifs is 1. The van der Waals surface area contributed by atoms with E-state index in [4.69, 9.17) is 9.47 Å². The SMILES string of the molecule is COc1ccc(CNC(=O)C(C)OC(=O)c2nc3nccc(C)n3n2)cc1. The number of benzene rings is 1. The number of carbonyl (C=O) groups excluding carboxylic acids is 2. The minimum Gasteiger partial charge on any atom is -0.497 e. The lowest BCUT2D eigenvalue weighted by atomic mass is 10.2. The molecule has 1 unspecified atom stereocenters. The van der Waals surface area contributed by atoms with Crippen LogP contribution in [0.3, 0.4) is 0 Å². The van der Waals surface area contributed by atoms with Crippen molar-refractivity contribution in [3.63, 3.8) is 0 Å². The Morgan fingerprint density at radius 3 is 2.63 bits per heavy atom. The molecule has 1 aromatic carbocycles. The number of hydrogen-bond donors (Lipinski definition) is 1. The van der Waals surface area contributed by atoms with Gasteiger partial charge in [0.15, 0.2) is 6.10 Å². The van der Waals surface area contributed by atoms with Gasteiger partial charge in [0.25, 0.3) is 17.5 Å². The first-order valence-corrected chi connectivity index (χ1v) is 8.28. The molecule has 3 rings (SSSR count). The second-order valence-electron chi connectivity index (χ2n) is 5.85. The standard InChI is InChI=1S/C18H19N5O4/c1-11-8-9-19-18-21-15(22-23(11)18)17(25)27-12(2)16(24)20-10-13-4-6-14(26-3)7-5-13/h4-9,12H,10H2,1-3H3,(H,20,24). The van der Waals surface area contributed by atoms with E-state index in [1.54, 1.807) is 31.5 Å². The molecule has 2 heterocycles. The Kier molecular flexibility index (Phi) is 5.30. The number of carbonyl (C=O) groups is 2. The van der Waals surface area contributed by atoms with Gasteiger partial charge in [-0.15, -0.1) is 5.10 Å². The number of ether oxygens (including phenoxy) is 2. The second kappa shape index (κ2) is 7.81. The number of esters is 1. The summed E-state index contributed by atoms with van der Waals surface area (Å²) in [5.41, 5.74) is 1.67. The molecule has 3 aromatic rings. The van der Waals surface area contributed by atoms with Crippen LogP contribution in [-0.2, 0) is 16.1 Å². The number of nitrogens with zero attached hydrogens (tertiary/aromatic N) is 4. The Morgan fingerprint density at radius 1 is 1.22 bits per heavy atom. The summed E-state index contributed by atoms with van der Waals surface area (Å²) in [5.74, 6) is -0.327. The summed E-state index contributed by atoms with van der Waals surface area (Å²) in [4.78, 5) is 32.4. The molecule has 0 saturated carbocycles. The number of aryl methyl sites for hydroxylation is 1. The minimum absolute atomic E-state index is 0.147. The number of rotatable bonds is 6. The van der Waals surface area contributed by atoms with Crippen LogP contribution in [0.1, 0.15) is 28.8 Å². The van der Waals surface area contributed by atoms with Gasteiger partial charge in [-0.1, -0.05) is 12.1 Å². The molecule has 0 saturated heterocycles. The second-order valence-corrected chi connectivity index (χ2v) is 5.85. The lowest BCUT2D eigenvalue weighted by molar-refractivity contribution is -0.129. The number of amides is 1. The number of hydrogen-bond acceptors (Lipinski definition) is 7. The third-order valence-electron chi connectivity index (χ3n) is 3.89. The van der Waals surface area contributed by atoms with E-state index in [0.717, 1.165) is 17.0 Å². The highest BCUT2D eigenvalue weighted by Crippen LogP contribution is 2.11. The van der Waals surface area contributed by atoms with Crippen LogP contribution in [0.2, 0.25) is 0 Å². The van der Waals surface area contributed by atoms with Crippen LogP contribution in [0, 0.1) is 6.92 Å². The molecule has 0 aliphatic carbocycles. The molecular formula is C18H19N5O4. The van der Waals surface area contributed by atoms with Gasteiger partial charge in [0.05, 0.1) is 7.11 Å². The Hall–Kier alpha value is -3.49. The minimum atomic E-state index is -0.989. The molecular weight excluding hydrogens is 350 g/mol. The molecule has 140 valence electrons. The van der Waals surface area contributed by atoms with Gasteiger partial charge in [-0.25, -0.2) is 14.3 Å². The highest BCUT2D eigenvalue weighted by Gasteiger charge is 2.22. The van der Waals surface area contributed by atoms with Gasteiger partial charge in [0, 0.05) is 18.4 Å². The molecule has 0 aliphatic heterocycles. The highest BCUT2D eigenvalue weighted by molar-refractivity contribution is 5.89. The summed E-state index contributed by atoms with van der Waals surface area (Å²) in [6.45, 7) is 3.61. The topological polar surface area (TPSA) is 108 Å². The number of aromatic nitrogens is 4. The Labute approximate surface area is 155 Å². The smallest absolute Gasteiger partial charge is 0.379 e. The first-order chi connectivity index (χ1) is 13.0. The van der Waals surface area contributed by atoms with Crippen LogP contribution in [0.25, 0.3) is 5.78 Å². The predicted octanol–water partition coefficient (Wildman–Crippen LogP) is 1.30. The third-order valence-corrected chi connectivity index (χ3v) is 3.89. The molecule has 0 aliphatic rings. The van der Waals surface area contributed by atoms with E-state index in [0.29, 0.717) is 12.3 Å². The summed E-state index contributed by atoms with van der Waals surface area (Å²) in [5, 5.41) is 6.77. The van der Waals surface area contributed by atoms with Crippen molar-refractivity contribution in [1.29, 1.82) is 0 Å². The summed E-state index contributed by atoms with van der Waals surface area (Å²) < 4.78 is 11.7. The van der Waals surface area contributed by atoms with E-state index in [-0.39, 0.29) is 5.82 Å². The molecule has 1 N–H and O–H groups in total. The van der Waals surface area contributed by atoms with E-state index < -0.39 is 18.0 Å². The molecule has 0 bridgehead atoms. The maximum absolute atomic E-state index is 12.2. The fraction of sp³-hybridized carbons (Fsp3) is 0.278. The number of methoxy groups -OCH3 is 1. The van der Waals surface area contributed by atoms with Crippen molar-refractivity contribution in [2.75, 3.05) is 7.11 Å². The predicted molar refractivity (Wildman–Crippen MR) is 95.2 cm³/mol. The molecule has 2 aromatic heterocycles. The van der Waals surface area contributed by atoms with Gasteiger partial charge >= 0.3 is 5.97 Å². The van der Waals surface area contributed by atoms with Crippen molar-refractivity contribution in [3.05, 3.63) is 53.6 Å². The molecule has 0 spiro atoms. The monoisotopic (exact) mass is 369 g/mol. The fourth-order valence-electron chi connectivity index (χ4n) is 2.34. The van der Waals surface area contributed by atoms with Crippen LogP contribution < -0.4 is 10.1 Å². The van der Waals surface area contributed by atoms with E-state index in [1.165, 1.54) is 11.4 Å². The van der Waals surface area contributed by atoms with Gasteiger partial charge < -0.3 is 14.8 Å². The van der Waals surface area contributed by atoms with Crippen LogP contribution in [0.15, 0.2) is 36.5 Å². The molecule has 1 atom stereocenters. The average molecular weight is 369 g/mol. The molecule has 0 radical (unpaired) electrons. The summed E-state index contributed by atoms with van der Waals surface area (Å²) >= 11 is 0. The van der Waals surface area contributed by atoms with Gasteiger partial charge in [0.1, 0.15) is 5.75 Å². The quantitative estimate of drug-likeness (QED) is 0.653. The van der Waals surface area contributed by atoms with Gasteiger partial charge in [-0.3, -0.25) is 4.79 Å². The zero-order valence-corrected chi connectivity index (χ0v) is 15.2. The van der Waals surface area contributed by atoms with Crippen molar-refractivity contribution in [2.24, 2.45) is 0 Å². The zero-order chi connectivity index (χ0) is 19.4. The molecule has 9 heteroatoms. The molecule has 1 amide bonds. The molecule has 27 heavy (non-hydrogen) atoms. The summed E-state index contributed by atoms with van der Waals surface area (Å²) in [6.07, 6.45) is 0.584. The zero-order valence-electron chi connectivity index (χ0n) is 15.2. The van der Waals surface area contributed by atoms with Crippen molar-refractivity contribution in [2.45, 2.75) is 26.5 Å². The lowest BCUT2D eigenvalue weighted by Gasteiger charge is -2.12. The Balaban J connectivity index is 1.57. The van der Waals surface area contributed by atoms with E-state index in [2.05, 4.69) is 20.4 Å². The number of nitrogens with one attached hydrogen (secondary N) is 1. The average Bonchev–Trinajstić information content (AvgIpc) is 3.12. The maximum atomic E-state index is 12.2. The van der Waals surface area contributed by atoms with Crippen LogP contribution in [0.5, 0.6) is 5.75 Å². The van der Waals surface area contributed by atoms with Gasteiger partial charge in [0.2, 0.25) is 0 Å². The first-order valence-electron chi connectivity index (χ1n) is 8.28. The van der Waals surface area contributed by atoms with E-state index in [9.17, 15) is 9.59 Å². The van der Waals surface area contributed by atoms with Crippen LogP contribution >= 0.6 is 0 Å². The van der Waals surface area contributed by atoms with Crippen molar-refractivity contribution >= 4 is 17.7 Å². The molecule has 9 nitrogen and oxygen atoms in total. The van der Waals surface area contributed by atoms with Crippen molar-refractivity contribution in [1.82, 2.24) is 24.9 Å². The molecule has 0 fully saturated rings. The highest BCUT2D eigenvalue weighted by atomic mass is 16.5. The third kappa shape index (κ3) is 4.20. The fourth-order valence-corrected chi connectivity index (χ4v) is 2.34. The largest absolute Gasteiger partial charge is 0.497 e. The van der Waals surface area contributed by atoms with E-state index >= 15 is 0 Å². The van der Waals surface area contributed by atoms with Gasteiger partial charge in [-0.2, -0.15) is 4.98 Å². The normalized spacial score (nSPS) is 11.8. The maximum Gasteiger partial charge on any atom is 0.379 e. The van der Waals surface area contributed by atoms with Gasteiger partial charge in [-0.05, 0) is 37.6 Å². The van der Waals surface area contributed by atoms with E-state index in [1.807, 2.05) is 19.1 Å². The summed E-state index contributed by atoms with van der Waals surface area (Å²) in [7, 11) is 1.59. The summed E-state index contributed by atoms with van der Waals surface area (Å²) in [6, 6.07) is 9.02. The van der Waals surface area contributed by atoms with Crippen LogP contribution in [0.4, 0.5) is 0 Å². The first kappa shape index (κ1) is 18.3. The van der Waals surface area contributed by atoms with Crippen molar-refractivity contribution in [3.8, 4) is 5.75 Å². The Bertz CT molecular complexity index is 968. The van der Waals surface area contributed by atoms with Crippen LogP contribution in [-0.4, -0.2) is 44.7 Å². The lowest BCUT2D eigenvalue weighted by Crippen LogP contribution is -2.35. The van der Waals surface area contributed by atoms with Crippen molar-refractivity contribution < 1.29 is 19.1 Å². The Morgan fingerprint density at radius 2 is 1.96 bits per heavy atom.